The molecule has 3 aromatic rings. The summed E-state index contributed by atoms with van der Waals surface area (Å²) in [5.41, 5.74) is 6.32. The number of aromatic amines is 1. The zero-order valence-electron chi connectivity index (χ0n) is 10.5. The predicted molar refractivity (Wildman–Crippen MR) is 71.1 cm³/mol. The first-order chi connectivity index (χ1) is 9.67. The van der Waals surface area contributed by atoms with Crippen LogP contribution in [0.3, 0.4) is 0 Å². The summed E-state index contributed by atoms with van der Waals surface area (Å²) < 4.78 is 12.0. The highest BCUT2D eigenvalue weighted by Gasteiger charge is 2.08. The van der Waals surface area contributed by atoms with Crippen molar-refractivity contribution in [2.75, 3.05) is 12.8 Å². The average molecular weight is 273 g/mol. The van der Waals surface area contributed by atoms with Gasteiger partial charge in [0.25, 0.3) is 0 Å². The number of nitrogens with two attached hydrogens (primary N) is 1. The van der Waals surface area contributed by atoms with Crippen molar-refractivity contribution >= 4 is 11.3 Å². The molecule has 0 spiro atoms. The van der Waals surface area contributed by atoms with Crippen LogP contribution in [0.5, 0.6) is 17.4 Å². The second-order valence-electron chi connectivity index (χ2n) is 3.99. The van der Waals surface area contributed by atoms with Gasteiger partial charge in [0.1, 0.15) is 12.1 Å². The fourth-order valence-electron chi connectivity index (χ4n) is 1.69. The van der Waals surface area contributed by atoms with Crippen LogP contribution in [0.1, 0.15) is 0 Å². The highest BCUT2D eigenvalue weighted by Crippen LogP contribution is 2.30. The summed E-state index contributed by atoms with van der Waals surface area (Å²) in [5, 5.41) is 6.14. The smallest absolute Gasteiger partial charge is 0.348 e. The first-order valence-corrected chi connectivity index (χ1v) is 5.71. The molecule has 3 N–H and O–H groups in total. The zero-order valence-corrected chi connectivity index (χ0v) is 10.5. The second-order valence-corrected chi connectivity index (χ2v) is 3.99. The Morgan fingerprint density at radius 1 is 1.35 bits per heavy atom. The summed E-state index contributed by atoms with van der Waals surface area (Å²) >= 11 is 0. The quantitative estimate of drug-likeness (QED) is 0.683. The van der Waals surface area contributed by atoms with Crippen LogP contribution >= 0.6 is 0 Å². The molecule has 3 rings (SSSR count). The molecule has 0 aliphatic heterocycles. The molecule has 0 atom stereocenters. The third kappa shape index (κ3) is 2.03. The Kier molecular flexibility index (Phi) is 2.75. The summed E-state index contributed by atoms with van der Waals surface area (Å²) in [7, 11) is 1.55. The molecule has 20 heavy (non-hydrogen) atoms. The molecule has 102 valence electrons. The van der Waals surface area contributed by atoms with E-state index in [-0.39, 0.29) is 11.6 Å². The van der Waals surface area contributed by atoms with Crippen molar-refractivity contribution in [1.29, 1.82) is 0 Å². The van der Waals surface area contributed by atoms with Crippen molar-refractivity contribution in [3.8, 4) is 17.4 Å². The molecule has 0 fully saturated rings. The van der Waals surface area contributed by atoms with Crippen molar-refractivity contribution in [1.82, 2.24) is 19.6 Å². The number of ether oxygens (including phenoxy) is 2. The van der Waals surface area contributed by atoms with E-state index in [9.17, 15) is 4.79 Å². The number of aromatic nitrogens is 4. The Labute approximate surface area is 112 Å². The van der Waals surface area contributed by atoms with Crippen LogP contribution in [0.15, 0.2) is 35.4 Å². The van der Waals surface area contributed by atoms with Crippen LogP contribution < -0.4 is 20.9 Å². The van der Waals surface area contributed by atoms with Crippen LogP contribution in [0.2, 0.25) is 0 Å². The summed E-state index contributed by atoms with van der Waals surface area (Å²) in [6.45, 7) is 0. The molecule has 0 saturated carbocycles. The maximum atomic E-state index is 11.3. The van der Waals surface area contributed by atoms with Gasteiger partial charge in [-0.3, -0.25) is 0 Å². The largest absolute Gasteiger partial charge is 0.497 e. The molecular formula is C12H11N5O3. The highest BCUT2D eigenvalue weighted by atomic mass is 16.5. The van der Waals surface area contributed by atoms with E-state index in [0.717, 1.165) is 0 Å². The van der Waals surface area contributed by atoms with Crippen molar-refractivity contribution in [2.24, 2.45) is 0 Å². The molecule has 0 amide bonds. The highest BCUT2D eigenvalue weighted by molar-refractivity contribution is 5.57. The van der Waals surface area contributed by atoms with Crippen LogP contribution in [-0.2, 0) is 0 Å². The predicted octanol–water partition coefficient (Wildman–Crippen LogP) is 0.801. The van der Waals surface area contributed by atoms with Gasteiger partial charge in [-0.2, -0.15) is 5.10 Å². The number of hydrogen-bond acceptors (Lipinski definition) is 6. The summed E-state index contributed by atoms with van der Waals surface area (Å²) in [6, 6.07) is 6.58. The Balaban J connectivity index is 1.98. The number of hydrogen-bond donors (Lipinski definition) is 2. The Morgan fingerprint density at radius 3 is 3.00 bits per heavy atom. The van der Waals surface area contributed by atoms with E-state index in [1.54, 1.807) is 25.3 Å². The maximum Gasteiger partial charge on any atom is 0.348 e. The van der Waals surface area contributed by atoms with E-state index in [1.807, 2.05) is 0 Å². The monoisotopic (exact) mass is 273 g/mol. The van der Waals surface area contributed by atoms with Gasteiger partial charge >= 0.3 is 5.69 Å². The molecule has 0 saturated heterocycles. The molecule has 0 aliphatic rings. The molecule has 8 nitrogen and oxygen atoms in total. The van der Waals surface area contributed by atoms with E-state index in [2.05, 4.69) is 15.2 Å². The number of nitrogen functional groups attached to an aromatic ring is 1. The topological polar surface area (TPSA) is 108 Å². The molecule has 2 aromatic heterocycles. The molecule has 8 heteroatoms. The molecule has 0 bridgehead atoms. The number of H-pyrrole nitrogens is 1. The van der Waals surface area contributed by atoms with Crippen molar-refractivity contribution in [3.63, 3.8) is 0 Å². The first-order valence-electron chi connectivity index (χ1n) is 5.71. The molecule has 2 heterocycles. The minimum Gasteiger partial charge on any atom is -0.497 e. The summed E-state index contributed by atoms with van der Waals surface area (Å²) in [5.74, 6) is 1.31. The number of nitrogens with one attached hydrogen (secondary N) is 1. The molecule has 0 aliphatic carbocycles. The normalized spacial score (nSPS) is 10.7. The van der Waals surface area contributed by atoms with Gasteiger partial charge in [-0.05, 0) is 12.1 Å². The van der Waals surface area contributed by atoms with Crippen LogP contribution in [0, 0.1) is 0 Å². The number of fused-ring (bicyclic) bond motifs is 1. The van der Waals surface area contributed by atoms with Crippen molar-refractivity contribution in [3.05, 3.63) is 41.1 Å². The van der Waals surface area contributed by atoms with Crippen molar-refractivity contribution in [2.45, 2.75) is 0 Å². The van der Waals surface area contributed by atoms with Gasteiger partial charge in [-0.15, -0.1) is 0 Å². The average Bonchev–Trinajstić information content (AvgIpc) is 2.82. The lowest BCUT2D eigenvalue weighted by atomic mass is 10.3. The SMILES string of the molecule is COc1ccc(N)c(Oc2cc3n[nH]c(=O)n3cn2)c1. The van der Waals surface area contributed by atoms with Crippen LogP contribution in [-0.4, -0.2) is 26.7 Å². The molecule has 1 aromatic carbocycles. The summed E-state index contributed by atoms with van der Waals surface area (Å²) in [4.78, 5) is 15.3. The Bertz CT molecular complexity index is 823. The van der Waals surface area contributed by atoms with Gasteiger partial charge in [-0.1, -0.05) is 0 Å². The molecule has 0 radical (unpaired) electrons. The number of anilines is 1. The molecular weight excluding hydrogens is 262 g/mol. The molecule has 0 unspecified atom stereocenters. The first kappa shape index (κ1) is 12.0. The third-order valence-electron chi connectivity index (χ3n) is 2.72. The van der Waals surface area contributed by atoms with E-state index in [0.29, 0.717) is 22.8 Å². The Hall–Kier alpha value is -3.03. The third-order valence-corrected chi connectivity index (χ3v) is 2.72. The van der Waals surface area contributed by atoms with Gasteiger partial charge in [0, 0.05) is 12.1 Å². The summed E-state index contributed by atoms with van der Waals surface area (Å²) in [6.07, 6.45) is 1.33. The number of nitrogens with zero attached hydrogens (tertiary/aromatic N) is 3. The minimum atomic E-state index is -0.361. The number of rotatable bonds is 3. The van der Waals surface area contributed by atoms with Gasteiger partial charge in [0.05, 0.1) is 12.8 Å². The van der Waals surface area contributed by atoms with E-state index in [4.69, 9.17) is 15.2 Å². The van der Waals surface area contributed by atoms with Crippen LogP contribution in [0.4, 0.5) is 5.69 Å². The lowest BCUT2D eigenvalue weighted by Gasteiger charge is -2.09. The van der Waals surface area contributed by atoms with E-state index < -0.39 is 0 Å². The van der Waals surface area contributed by atoms with E-state index in [1.165, 1.54) is 16.8 Å². The number of benzene rings is 1. The lowest BCUT2D eigenvalue weighted by Crippen LogP contribution is -2.09. The lowest BCUT2D eigenvalue weighted by molar-refractivity contribution is 0.408. The fraction of sp³-hybridized carbons (Fsp3) is 0.0833. The van der Waals surface area contributed by atoms with Gasteiger partial charge in [0.2, 0.25) is 5.88 Å². The minimum absolute atomic E-state index is 0.274. The number of methoxy groups -OCH3 is 1. The van der Waals surface area contributed by atoms with Crippen LogP contribution in [0.25, 0.3) is 5.65 Å². The zero-order chi connectivity index (χ0) is 14.1. The fourth-order valence-corrected chi connectivity index (χ4v) is 1.69. The van der Waals surface area contributed by atoms with Gasteiger partial charge < -0.3 is 15.2 Å². The second kappa shape index (κ2) is 4.57. The van der Waals surface area contributed by atoms with Crippen molar-refractivity contribution < 1.29 is 9.47 Å². The van der Waals surface area contributed by atoms with E-state index >= 15 is 0 Å². The Morgan fingerprint density at radius 2 is 2.20 bits per heavy atom. The maximum absolute atomic E-state index is 11.3. The van der Waals surface area contributed by atoms with Gasteiger partial charge in [0.15, 0.2) is 11.4 Å². The standard InChI is InChI=1S/C12H11N5O3/c1-19-7-2-3-8(13)9(4-7)20-11-5-10-15-16-12(18)17(10)6-14-11/h2-6H,13H2,1H3,(H,16,18). The van der Waals surface area contributed by atoms with Gasteiger partial charge in [-0.25, -0.2) is 19.3 Å².